The van der Waals surface area contributed by atoms with E-state index in [1.54, 1.807) is 0 Å². The molecule has 6 atom stereocenters. The van der Waals surface area contributed by atoms with Crippen molar-refractivity contribution in [3.63, 3.8) is 0 Å². The zero-order chi connectivity index (χ0) is 22.3. The minimum atomic E-state index is -5.59. The molecule has 0 heterocycles. The van der Waals surface area contributed by atoms with Crippen LogP contribution in [0.2, 0.25) is 0 Å². The Hall–Kier alpha value is 0.360. The van der Waals surface area contributed by atoms with Crippen molar-refractivity contribution in [1.29, 1.82) is 0 Å². The van der Waals surface area contributed by atoms with Crippen molar-refractivity contribution in [2.45, 2.75) is 36.6 Å². The van der Waals surface area contributed by atoms with Crippen molar-refractivity contribution in [2.24, 2.45) is 0 Å². The van der Waals surface area contributed by atoms with Gasteiger partial charge >= 0.3 is 31.3 Å². The van der Waals surface area contributed by atoms with E-state index in [0.29, 0.717) is 0 Å². The maximum absolute atomic E-state index is 11.0. The molecule has 1 aliphatic carbocycles. The topological polar surface area (TPSA) is 310 Å². The summed E-state index contributed by atoms with van der Waals surface area (Å²) in [5.41, 5.74) is 0. The van der Waals surface area contributed by atoms with Crippen molar-refractivity contribution in [1.82, 2.24) is 0 Å². The summed E-state index contributed by atoms with van der Waals surface area (Å²) in [6.45, 7) is 0. The minimum absolute atomic E-state index is 2.61. The van der Waals surface area contributed by atoms with Crippen LogP contribution in [0.25, 0.3) is 0 Å². The van der Waals surface area contributed by atoms with Crippen molar-refractivity contribution in [2.75, 3.05) is 0 Å². The Kier molecular flexibility index (Phi) is 8.34. The van der Waals surface area contributed by atoms with Crippen molar-refractivity contribution < 1.29 is 85.7 Å². The van der Waals surface area contributed by atoms with Gasteiger partial charge in [0.05, 0.1) is 0 Å². The van der Waals surface area contributed by atoms with E-state index < -0.39 is 67.9 Å². The van der Waals surface area contributed by atoms with Gasteiger partial charge in [0.15, 0.2) is 0 Å². The summed E-state index contributed by atoms with van der Waals surface area (Å²) in [5.74, 6) is 0. The highest BCUT2D eigenvalue weighted by atomic mass is 31.2. The van der Waals surface area contributed by atoms with E-state index in [1.807, 2.05) is 0 Å². The monoisotopic (exact) mass is 500 g/mol. The second-order valence-electron chi connectivity index (χ2n) is 5.22. The Labute approximate surface area is 154 Å². The standard InChI is InChI=1S/C6H16O18P4/c7-1-3(21-25(9,10)11)5(23-27(15,16)17)2(8)6(24-28(18,19)20)4(1)22-26(12,13)14/h1-10H,(H2,12,13,14)(H2,15,16,17)(H2,18,19,20)/q+1/t1-,2+,3-,4+,5-,6+/m0/s1. The van der Waals surface area contributed by atoms with Crippen LogP contribution in [0.1, 0.15) is 0 Å². The van der Waals surface area contributed by atoms with Gasteiger partial charge in [-0.05, 0) is 0 Å². The summed E-state index contributed by atoms with van der Waals surface area (Å²) in [6.07, 6.45) is -15.9. The number of phosphoric ester groups is 4. The van der Waals surface area contributed by atoms with Gasteiger partial charge in [0.1, 0.15) is 36.6 Å². The van der Waals surface area contributed by atoms with Crippen molar-refractivity contribution in [3.8, 4) is 0 Å². The smallest absolute Gasteiger partial charge is 0.387 e. The van der Waals surface area contributed by atoms with Crippen LogP contribution in [0.4, 0.5) is 0 Å². The molecule has 0 aromatic rings. The molecule has 18 nitrogen and oxygen atoms in total. The lowest BCUT2D eigenvalue weighted by atomic mass is 9.85. The van der Waals surface area contributed by atoms with E-state index in [4.69, 9.17) is 39.1 Å². The Morgan fingerprint density at radius 1 is 0.536 bits per heavy atom. The maximum Gasteiger partial charge on any atom is 0.801 e. The molecule has 0 aromatic heterocycles. The molecule has 10 N–H and O–H groups in total. The average Bonchev–Trinajstić information content (AvgIpc) is 2.39. The second kappa shape index (κ2) is 8.85. The first-order chi connectivity index (χ1) is 12.2. The molecule has 28 heavy (non-hydrogen) atoms. The van der Waals surface area contributed by atoms with Gasteiger partial charge in [-0.2, -0.15) is 0 Å². The van der Waals surface area contributed by atoms with Gasteiger partial charge in [0.2, 0.25) is 0 Å². The van der Waals surface area contributed by atoms with E-state index in [-0.39, 0.29) is 0 Å². The lowest BCUT2D eigenvalue weighted by Gasteiger charge is -2.45. The minimum Gasteiger partial charge on any atom is -0.387 e. The second-order valence-corrected chi connectivity index (χ2v) is 9.99. The van der Waals surface area contributed by atoms with Crippen LogP contribution in [-0.2, 0) is 36.4 Å². The molecule has 0 amide bonds. The molecule has 1 radical (unpaired) electrons. The molecule has 0 aliphatic heterocycles. The summed E-state index contributed by atoms with van der Waals surface area (Å²) in [5, 5.41) is 20.2. The van der Waals surface area contributed by atoms with Gasteiger partial charge in [-0.3, -0.25) is 23.4 Å². The van der Waals surface area contributed by atoms with Gasteiger partial charge in [0, 0.05) is 0 Å². The van der Waals surface area contributed by atoms with Gasteiger partial charge < -0.3 is 39.6 Å². The highest BCUT2D eigenvalue weighted by molar-refractivity contribution is 7.47. The predicted molar refractivity (Wildman–Crippen MR) is 79.7 cm³/mol. The molecular formula is C6H16O18P4+. The summed E-state index contributed by atoms with van der Waals surface area (Å²) in [4.78, 5) is 70.9. The van der Waals surface area contributed by atoms with Crippen LogP contribution >= 0.6 is 31.3 Å². The number of aliphatic hydroxyl groups is 2. The lowest BCUT2D eigenvalue weighted by Crippen LogP contribution is -2.65. The first kappa shape index (κ1) is 26.4. The number of aliphatic hydroxyl groups excluding tert-OH is 2. The normalized spacial score (nSPS) is 33.1. The number of hydrogen-bond acceptors (Lipinski definition) is 10. The Balaban J connectivity index is 3.47. The fourth-order valence-electron chi connectivity index (χ4n) is 2.27. The van der Waals surface area contributed by atoms with E-state index in [9.17, 15) is 28.5 Å². The zero-order valence-electron chi connectivity index (χ0n) is 13.0. The molecular weight excluding hydrogens is 484 g/mol. The maximum atomic E-state index is 11.0. The summed E-state index contributed by atoms with van der Waals surface area (Å²) < 4.78 is 60.4. The Morgan fingerprint density at radius 3 is 0.929 bits per heavy atom. The van der Waals surface area contributed by atoms with Crippen molar-refractivity contribution in [3.05, 3.63) is 0 Å². The van der Waals surface area contributed by atoms with E-state index in [1.165, 1.54) is 0 Å². The van der Waals surface area contributed by atoms with E-state index in [2.05, 4.69) is 18.1 Å². The SMILES string of the molecule is O=P(O)(O)O[C@@H]1[C@@H](O)[C@H](OP(=[O+])(O)O)[C@@H](OP(=O)(O)O)[C@@H](O)[C@H]1OP(=O)(O)O. The van der Waals surface area contributed by atoms with Crippen LogP contribution in [0.3, 0.4) is 0 Å². The van der Waals surface area contributed by atoms with Gasteiger partial charge in [0.25, 0.3) is 4.57 Å². The van der Waals surface area contributed by atoms with E-state index >= 15 is 0 Å². The third-order valence-electron chi connectivity index (χ3n) is 3.03. The number of hydrogen-bond donors (Lipinski definition) is 10. The summed E-state index contributed by atoms with van der Waals surface area (Å²) >= 11 is 0. The molecule has 0 aromatic carbocycles. The zero-order valence-corrected chi connectivity index (χ0v) is 16.6. The third kappa shape index (κ3) is 8.62. The molecule has 1 saturated carbocycles. The number of phosphoric acid groups is 4. The van der Waals surface area contributed by atoms with Gasteiger partial charge in [-0.1, -0.05) is 0 Å². The van der Waals surface area contributed by atoms with Crippen LogP contribution < -0.4 is 0 Å². The van der Waals surface area contributed by atoms with Crippen LogP contribution in [0, 0.1) is 0 Å². The molecule has 0 saturated heterocycles. The highest BCUT2D eigenvalue weighted by Gasteiger charge is 2.60. The lowest BCUT2D eigenvalue weighted by molar-refractivity contribution is -0.208. The molecule has 22 heteroatoms. The van der Waals surface area contributed by atoms with Gasteiger partial charge in [-0.25, -0.2) is 18.2 Å². The van der Waals surface area contributed by atoms with Crippen molar-refractivity contribution >= 4 is 31.3 Å². The first-order valence-corrected chi connectivity index (χ1v) is 12.6. The van der Waals surface area contributed by atoms with Crippen LogP contribution in [-0.4, -0.2) is 86.0 Å². The Bertz CT molecular complexity index is 604. The quantitative estimate of drug-likeness (QED) is 0.115. The van der Waals surface area contributed by atoms with Crippen LogP contribution in [0.5, 0.6) is 0 Å². The highest BCUT2D eigenvalue weighted by Crippen LogP contribution is 2.51. The molecule has 1 aliphatic rings. The summed E-state index contributed by atoms with van der Waals surface area (Å²) in [6, 6.07) is 0. The largest absolute Gasteiger partial charge is 0.801 e. The fourth-order valence-corrected chi connectivity index (χ4v) is 4.52. The molecule has 1 rings (SSSR count). The molecule has 0 spiro atoms. The third-order valence-corrected chi connectivity index (χ3v) is 5.10. The average molecular weight is 500 g/mol. The van der Waals surface area contributed by atoms with Crippen LogP contribution in [0.15, 0.2) is 0 Å². The molecule has 167 valence electrons. The molecule has 0 bridgehead atoms. The fraction of sp³-hybridized carbons (Fsp3) is 1.00. The molecule has 1 fully saturated rings. The summed E-state index contributed by atoms with van der Waals surface area (Å²) in [7, 11) is -22.3. The molecule has 0 unspecified atom stereocenters. The first-order valence-electron chi connectivity index (χ1n) is 6.52. The predicted octanol–water partition coefficient (Wildman–Crippen LogP) is -3.37. The Morgan fingerprint density at radius 2 is 0.750 bits per heavy atom. The van der Waals surface area contributed by atoms with Gasteiger partial charge in [-0.15, -0.1) is 0 Å². The van der Waals surface area contributed by atoms with E-state index in [0.717, 1.165) is 0 Å². The number of rotatable bonds is 8.